The molecule has 0 saturated heterocycles. The Morgan fingerprint density at radius 1 is 1.33 bits per heavy atom. The van der Waals surface area contributed by atoms with Crippen LogP contribution in [0.2, 0.25) is 0 Å². The van der Waals surface area contributed by atoms with E-state index in [0.717, 1.165) is 11.5 Å². The largest absolute Gasteiger partial charge is 0.486 e. The topological polar surface area (TPSA) is 18.5 Å². The van der Waals surface area contributed by atoms with Gasteiger partial charge in [-0.25, -0.2) is 0 Å². The number of hydrogen-bond donors (Lipinski definition) is 0. The maximum absolute atomic E-state index is 5.59. The molecule has 0 spiro atoms. The molecule has 0 N–H and O–H groups in total. The van der Waals surface area contributed by atoms with Crippen LogP contribution in [-0.2, 0) is 0 Å². The number of fused-ring (bicyclic) bond motifs is 1. The fraction of sp³-hybridized carbons (Fsp3) is 0.400. The van der Waals surface area contributed by atoms with E-state index in [9.17, 15) is 0 Å². The first-order valence-corrected chi connectivity index (χ1v) is 4.16. The van der Waals surface area contributed by atoms with Crippen molar-refractivity contribution in [2.24, 2.45) is 0 Å². The average Bonchev–Trinajstić information content (AvgIpc) is 2.03. The molecule has 12 heavy (non-hydrogen) atoms. The van der Waals surface area contributed by atoms with Gasteiger partial charge in [0.1, 0.15) is 12.7 Å². The van der Waals surface area contributed by atoms with Crippen molar-refractivity contribution in [2.75, 3.05) is 6.61 Å². The lowest BCUT2D eigenvalue weighted by atomic mass is 10.2. The van der Waals surface area contributed by atoms with Crippen LogP contribution in [0.1, 0.15) is 12.5 Å². The molecule has 64 valence electrons. The van der Waals surface area contributed by atoms with E-state index in [1.807, 2.05) is 32.0 Å². The minimum absolute atomic E-state index is 0.166. The summed E-state index contributed by atoms with van der Waals surface area (Å²) in [4.78, 5) is 0. The first-order valence-electron chi connectivity index (χ1n) is 4.16. The smallest absolute Gasteiger partial charge is 0.162 e. The average molecular weight is 164 g/mol. The van der Waals surface area contributed by atoms with E-state index >= 15 is 0 Å². The van der Waals surface area contributed by atoms with Gasteiger partial charge in [-0.15, -0.1) is 0 Å². The number of aryl methyl sites for hydroxylation is 1. The van der Waals surface area contributed by atoms with Gasteiger partial charge in [0.2, 0.25) is 0 Å². The van der Waals surface area contributed by atoms with E-state index in [-0.39, 0.29) is 6.10 Å². The van der Waals surface area contributed by atoms with Crippen molar-refractivity contribution in [3.8, 4) is 11.5 Å². The van der Waals surface area contributed by atoms with Crippen LogP contribution >= 0.6 is 0 Å². The SMILES string of the molecule is Cc1ccc2c(c1)OC(C)CO2. The maximum atomic E-state index is 5.59. The van der Waals surface area contributed by atoms with Crippen molar-refractivity contribution in [1.29, 1.82) is 0 Å². The van der Waals surface area contributed by atoms with Crippen LogP contribution in [-0.4, -0.2) is 12.7 Å². The summed E-state index contributed by atoms with van der Waals surface area (Å²) in [5.74, 6) is 1.73. The van der Waals surface area contributed by atoms with Crippen molar-refractivity contribution in [3.05, 3.63) is 23.8 Å². The zero-order valence-corrected chi connectivity index (χ0v) is 7.33. The number of rotatable bonds is 0. The van der Waals surface area contributed by atoms with Gasteiger partial charge in [-0.05, 0) is 31.5 Å². The summed E-state index contributed by atoms with van der Waals surface area (Å²) < 4.78 is 11.1. The summed E-state index contributed by atoms with van der Waals surface area (Å²) in [7, 11) is 0. The summed E-state index contributed by atoms with van der Waals surface area (Å²) in [5, 5.41) is 0. The molecule has 0 radical (unpaired) electrons. The predicted molar refractivity (Wildman–Crippen MR) is 46.8 cm³/mol. The summed E-state index contributed by atoms with van der Waals surface area (Å²) in [6, 6.07) is 5.99. The van der Waals surface area contributed by atoms with Crippen molar-refractivity contribution in [2.45, 2.75) is 20.0 Å². The van der Waals surface area contributed by atoms with E-state index in [2.05, 4.69) is 0 Å². The Morgan fingerprint density at radius 2 is 2.17 bits per heavy atom. The zero-order chi connectivity index (χ0) is 8.55. The summed E-state index contributed by atoms with van der Waals surface area (Å²) in [6.07, 6.45) is 0.166. The highest BCUT2D eigenvalue weighted by Crippen LogP contribution is 2.31. The number of ether oxygens (including phenoxy) is 2. The molecule has 0 aromatic heterocycles. The Morgan fingerprint density at radius 3 is 3.00 bits per heavy atom. The monoisotopic (exact) mass is 164 g/mol. The van der Waals surface area contributed by atoms with Gasteiger partial charge in [0, 0.05) is 0 Å². The van der Waals surface area contributed by atoms with Crippen molar-refractivity contribution < 1.29 is 9.47 Å². The molecule has 0 amide bonds. The quantitative estimate of drug-likeness (QED) is 0.585. The summed E-state index contributed by atoms with van der Waals surface area (Å²) in [6.45, 7) is 4.70. The van der Waals surface area contributed by atoms with Crippen LogP contribution in [0.4, 0.5) is 0 Å². The molecule has 1 aromatic carbocycles. The molecule has 1 aromatic rings. The van der Waals surface area contributed by atoms with Gasteiger partial charge in [-0.1, -0.05) is 6.07 Å². The van der Waals surface area contributed by atoms with Gasteiger partial charge in [0.15, 0.2) is 11.5 Å². The number of benzene rings is 1. The third-order valence-corrected chi connectivity index (χ3v) is 1.90. The highest BCUT2D eigenvalue weighted by molar-refractivity contribution is 5.43. The lowest BCUT2D eigenvalue weighted by Crippen LogP contribution is -2.25. The standard InChI is InChI=1S/C10H12O2/c1-7-3-4-9-10(5-7)12-8(2)6-11-9/h3-5,8H,6H2,1-2H3. The van der Waals surface area contributed by atoms with Crippen LogP contribution in [0.5, 0.6) is 11.5 Å². The molecule has 2 heteroatoms. The lowest BCUT2D eigenvalue weighted by Gasteiger charge is -2.23. The molecule has 2 rings (SSSR count). The van der Waals surface area contributed by atoms with Crippen molar-refractivity contribution in [3.63, 3.8) is 0 Å². The van der Waals surface area contributed by atoms with E-state index in [0.29, 0.717) is 6.61 Å². The van der Waals surface area contributed by atoms with E-state index < -0.39 is 0 Å². The fourth-order valence-corrected chi connectivity index (χ4v) is 1.28. The molecule has 1 aliphatic rings. The van der Waals surface area contributed by atoms with E-state index in [1.165, 1.54) is 5.56 Å². The van der Waals surface area contributed by atoms with E-state index in [4.69, 9.17) is 9.47 Å². The normalized spacial score (nSPS) is 20.7. The van der Waals surface area contributed by atoms with Gasteiger partial charge < -0.3 is 9.47 Å². The Hall–Kier alpha value is -1.18. The molecule has 0 fully saturated rings. The highest BCUT2D eigenvalue weighted by atomic mass is 16.6. The van der Waals surface area contributed by atoms with Crippen LogP contribution in [0, 0.1) is 6.92 Å². The molecule has 1 unspecified atom stereocenters. The highest BCUT2D eigenvalue weighted by Gasteiger charge is 2.16. The molecular formula is C10H12O2. The molecule has 1 heterocycles. The Labute approximate surface area is 72.1 Å². The predicted octanol–water partition coefficient (Wildman–Crippen LogP) is 2.15. The van der Waals surface area contributed by atoms with Crippen LogP contribution in [0.15, 0.2) is 18.2 Å². The van der Waals surface area contributed by atoms with Gasteiger partial charge in [0.05, 0.1) is 0 Å². The summed E-state index contributed by atoms with van der Waals surface area (Å²) >= 11 is 0. The minimum Gasteiger partial charge on any atom is -0.486 e. The molecular weight excluding hydrogens is 152 g/mol. The van der Waals surface area contributed by atoms with Gasteiger partial charge in [-0.2, -0.15) is 0 Å². The third-order valence-electron chi connectivity index (χ3n) is 1.90. The molecule has 0 bridgehead atoms. The second kappa shape index (κ2) is 2.70. The van der Waals surface area contributed by atoms with E-state index in [1.54, 1.807) is 0 Å². The first-order chi connectivity index (χ1) is 5.75. The maximum Gasteiger partial charge on any atom is 0.162 e. The van der Waals surface area contributed by atoms with Gasteiger partial charge in [0.25, 0.3) is 0 Å². The molecule has 1 aliphatic heterocycles. The minimum atomic E-state index is 0.166. The van der Waals surface area contributed by atoms with Crippen molar-refractivity contribution >= 4 is 0 Å². The summed E-state index contributed by atoms with van der Waals surface area (Å²) in [5.41, 5.74) is 1.20. The Kier molecular flexibility index (Phi) is 1.68. The molecule has 0 aliphatic carbocycles. The van der Waals surface area contributed by atoms with Crippen LogP contribution in [0.25, 0.3) is 0 Å². The molecule has 2 nitrogen and oxygen atoms in total. The Balaban J connectivity index is 2.37. The van der Waals surface area contributed by atoms with Gasteiger partial charge in [-0.3, -0.25) is 0 Å². The second-order valence-corrected chi connectivity index (χ2v) is 3.19. The second-order valence-electron chi connectivity index (χ2n) is 3.19. The number of hydrogen-bond acceptors (Lipinski definition) is 2. The van der Waals surface area contributed by atoms with Crippen molar-refractivity contribution in [1.82, 2.24) is 0 Å². The Bertz CT molecular complexity index is 294. The lowest BCUT2D eigenvalue weighted by molar-refractivity contribution is 0.104. The zero-order valence-electron chi connectivity index (χ0n) is 7.33. The first kappa shape index (κ1) is 7.47. The third kappa shape index (κ3) is 1.24. The van der Waals surface area contributed by atoms with Crippen LogP contribution < -0.4 is 9.47 Å². The molecule has 1 atom stereocenters. The molecule has 0 saturated carbocycles. The fourth-order valence-electron chi connectivity index (χ4n) is 1.28. The van der Waals surface area contributed by atoms with Crippen LogP contribution in [0.3, 0.4) is 0 Å². The van der Waals surface area contributed by atoms with Gasteiger partial charge >= 0.3 is 0 Å².